The lowest BCUT2D eigenvalue weighted by Gasteiger charge is -2.30. The average molecular weight is 291 g/mol. The van der Waals surface area contributed by atoms with E-state index >= 15 is 0 Å². The number of nitrogens with two attached hydrogens (primary N) is 1. The quantitative estimate of drug-likeness (QED) is 0.817. The van der Waals surface area contributed by atoms with Gasteiger partial charge in [0.2, 0.25) is 5.95 Å². The molecule has 0 bridgehead atoms. The first kappa shape index (κ1) is 14.2. The minimum atomic E-state index is -0.00423. The smallest absolute Gasteiger partial charge is 0.256 e. The predicted octanol–water partition coefficient (Wildman–Crippen LogP) is -0.123. The molecule has 0 saturated carbocycles. The Morgan fingerprint density at radius 3 is 2.38 bits per heavy atom. The van der Waals surface area contributed by atoms with Crippen LogP contribution in [-0.4, -0.2) is 66.2 Å². The van der Waals surface area contributed by atoms with Gasteiger partial charge in [0.15, 0.2) is 0 Å². The molecular formula is C14H21N5O2. The molecule has 21 heavy (non-hydrogen) atoms. The third-order valence-corrected chi connectivity index (χ3v) is 4.01. The van der Waals surface area contributed by atoms with Crippen molar-refractivity contribution in [3.05, 3.63) is 18.0 Å². The van der Waals surface area contributed by atoms with Crippen LogP contribution in [0.3, 0.4) is 0 Å². The lowest BCUT2D eigenvalue weighted by atomic mass is 10.1. The first-order valence-corrected chi connectivity index (χ1v) is 7.43. The SMILES string of the molecule is NC1CCN(C(=O)c2cnc(N3CCOCC3)nc2)CC1. The summed E-state index contributed by atoms with van der Waals surface area (Å²) in [6, 6.07) is 0.217. The zero-order valence-electron chi connectivity index (χ0n) is 12.1. The van der Waals surface area contributed by atoms with Crippen LogP contribution in [0.15, 0.2) is 12.4 Å². The number of hydrogen-bond donors (Lipinski definition) is 1. The number of aromatic nitrogens is 2. The molecule has 2 N–H and O–H groups in total. The highest BCUT2D eigenvalue weighted by molar-refractivity contribution is 5.93. The van der Waals surface area contributed by atoms with Gasteiger partial charge in [0.1, 0.15) is 0 Å². The normalized spacial score (nSPS) is 20.6. The highest BCUT2D eigenvalue weighted by Crippen LogP contribution is 2.14. The van der Waals surface area contributed by atoms with Crippen molar-refractivity contribution in [2.45, 2.75) is 18.9 Å². The number of likely N-dealkylation sites (tertiary alicyclic amines) is 1. The molecular weight excluding hydrogens is 270 g/mol. The van der Waals surface area contributed by atoms with Gasteiger partial charge in [0, 0.05) is 44.6 Å². The van der Waals surface area contributed by atoms with E-state index in [4.69, 9.17) is 10.5 Å². The van der Waals surface area contributed by atoms with E-state index in [-0.39, 0.29) is 11.9 Å². The molecule has 2 saturated heterocycles. The number of nitrogens with zero attached hydrogens (tertiary/aromatic N) is 4. The molecule has 3 rings (SSSR count). The van der Waals surface area contributed by atoms with Gasteiger partial charge in [-0.15, -0.1) is 0 Å². The van der Waals surface area contributed by atoms with Gasteiger partial charge < -0.3 is 20.3 Å². The van der Waals surface area contributed by atoms with Crippen LogP contribution < -0.4 is 10.6 Å². The molecule has 0 unspecified atom stereocenters. The molecule has 0 radical (unpaired) electrons. The molecule has 2 aliphatic rings. The van der Waals surface area contributed by atoms with Gasteiger partial charge in [-0.25, -0.2) is 9.97 Å². The topological polar surface area (TPSA) is 84.6 Å². The van der Waals surface area contributed by atoms with Crippen LogP contribution in [0.1, 0.15) is 23.2 Å². The Labute approximate surface area is 124 Å². The number of carbonyl (C=O) groups excluding carboxylic acids is 1. The van der Waals surface area contributed by atoms with Crippen molar-refractivity contribution in [3.8, 4) is 0 Å². The zero-order chi connectivity index (χ0) is 14.7. The van der Waals surface area contributed by atoms with E-state index in [1.807, 2.05) is 4.90 Å². The first-order chi connectivity index (χ1) is 10.2. The van der Waals surface area contributed by atoms with E-state index in [1.165, 1.54) is 0 Å². The summed E-state index contributed by atoms with van der Waals surface area (Å²) in [6.45, 7) is 4.39. The van der Waals surface area contributed by atoms with Crippen LogP contribution in [0.5, 0.6) is 0 Å². The van der Waals surface area contributed by atoms with Gasteiger partial charge >= 0.3 is 0 Å². The van der Waals surface area contributed by atoms with Crippen molar-refractivity contribution in [3.63, 3.8) is 0 Å². The Bertz CT molecular complexity index is 479. The summed E-state index contributed by atoms with van der Waals surface area (Å²) in [6.07, 6.45) is 4.96. The minimum absolute atomic E-state index is 0.00423. The van der Waals surface area contributed by atoms with E-state index in [2.05, 4.69) is 14.9 Å². The number of amides is 1. The largest absolute Gasteiger partial charge is 0.378 e. The van der Waals surface area contributed by atoms with Crippen molar-refractivity contribution in [2.75, 3.05) is 44.3 Å². The summed E-state index contributed by atoms with van der Waals surface area (Å²) in [4.78, 5) is 24.9. The Morgan fingerprint density at radius 2 is 1.76 bits per heavy atom. The Kier molecular flexibility index (Phi) is 4.31. The molecule has 2 fully saturated rings. The van der Waals surface area contributed by atoms with Gasteiger partial charge in [-0.2, -0.15) is 0 Å². The molecule has 2 aliphatic heterocycles. The van der Waals surface area contributed by atoms with E-state index in [0.717, 1.165) is 25.9 Å². The van der Waals surface area contributed by atoms with Crippen molar-refractivity contribution in [1.29, 1.82) is 0 Å². The third kappa shape index (κ3) is 3.30. The highest BCUT2D eigenvalue weighted by Gasteiger charge is 2.22. The molecule has 7 heteroatoms. The summed E-state index contributed by atoms with van der Waals surface area (Å²) in [5.74, 6) is 0.658. The zero-order valence-corrected chi connectivity index (χ0v) is 12.1. The first-order valence-electron chi connectivity index (χ1n) is 7.43. The van der Waals surface area contributed by atoms with Gasteiger partial charge in [0.25, 0.3) is 5.91 Å². The summed E-state index contributed by atoms with van der Waals surface area (Å²) in [7, 11) is 0. The second kappa shape index (κ2) is 6.36. The van der Waals surface area contributed by atoms with Gasteiger partial charge in [0.05, 0.1) is 18.8 Å². The molecule has 0 atom stereocenters. The molecule has 0 aliphatic carbocycles. The van der Waals surface area contributed by atoms with Gasteiger partial charge in [-0.1, -0.05) is 0 Å². The maximum Gasteiger partial charge on any atom is 0.256 e. The summed E-state index contributed by atoms with van der Waals surface area (Å²) in [5.41, 5.74) is 6.40. The molecule has 1 aromatic rings. The summed E-state index contributed by atoms with van der Waals surface area (Å²) in [5, 5.41) is 0. The lowest BCUT2D eigenvalue weighted by Crippen LogP contribution is -2.43. The van der Waals surface area contributed by atoms with E-state index in [1.54, 1.807) is 12.4 Å². The van der Waals surface area contributed by atoms with Crippen LogP contribution in [0.4, 0.5) is 5.95 Å². The second-order valence-corrected chi connectivity index (χ2v) is 5.50. The molecule has 1 amide bonds. The standard InChI is InChI=1S/C14H21N5O2/c15-12-1-3-18(4-2-12)13(20)11-9-16-14(17-10-11)19-5-7-21-8-6-19/h9-10,12H,1-8,15H2. The van der Waals surface area contributed by atoms with Crippen LogP contribution in [0.25, 0.3) is 0 Å². The molecule has 7 nitrogen and oxygen atoms in total. The number of anilines is 1. The van der Waals surface area contributed by atoms with E-state index in [0.29, 0.717) is 37.8 Å². The van der Waals surface area contributed by atoms with Gasteiger partial charge in [-0.3, -0.25) is 4.79 Å². The van der Waals surface area contributed by atoms with E-state index < -0.39 is 0 Å². The Balaban J connectivity index is 1.64. The third-order valence-electron chi connectivity index (χ3n) is 4.01. The number of morpholine rings is 1. The monoisotopic (exact) mass is 291 g/mol. The fourth-order valence-electron chi connectivity index (χ4n) is 2.64. The van der Waals surface area contributed by atoms with Gasteiger partial charge in [-0.05, 0) is 12.8 Å². The number of piperidine rings is 1. The van der Waals surface area contributed by atoms with Crippen LogP contribution >= 0.6 is 0 Å². The van der Waals surface area contributed by atoms with Crippen LogP contribution in [0, 0.1) is 0 Å². The Hall–Kier alpha value is -1.73. The average Bonchev–Trinajstić information content (AvgIpc) is 2.56. The van der Waals surface area contributed by atoms with Crippen LogP contribution in [0.2, 0.25) is 0 Å². The number of rotatable bonds is 2. The second-order valence-electron chi connectivity index (χ2n) is 5.50. The van der Waals surface area contributed by atoms with Crippen molar-refractivity contribution in [2.24, 2.45) is 5.73 Å². The Morgan fingerprint density at radius 1 is 1.14 bits per heavy atom. The minimum Gasteiger partial charge on any atom is -0.378 e. The number of ether oxygens (including phenoxy) is 1. The van der Waals surface area contributed by atoms with Crippen molar-refractivity contribution >= 4 is 11.9 Å². The van der Waals surface area contributed by atoms with Crippen molar-refractivity contribution < 1.29 is 9.53 Å². The summed E-state index contributed by atoms with van der Waals surface area (Å²) >= 11 is 0. The highest BCUT2D eigenvalue weighted by atomic mass is 16.5. The molecule has 1 aromatic heterocycles. The fourth-order valence-corrected chi connectivity index (χ4v) is 2.64. The predicted molar refractivity (Wildman–Crippen MR) is 78.2 cm³/mol. The summed E-state index contributed by atoms with van der Waals surface area (Å²) < 4.78 is 5.30. The molecule has 0 spiro atoms. The number of hydrogen-bond acceptors (Lipinski definition) is 6. The maximum atomic E-state index is 12.4. The van der Waals surface area contributed by atoms with E-state index in [9.17, 15) is 4.79 Å². The van der Waals surface area contributed by atoms with Crippen molar-refractivity contribution in [1.82, 2.24) is 14.9 Å². The fraction of sp³-hybridized carbons (Fsp3) is 0.643. The maximum absolute atomic E-state index is 12.4. The molecule has 3 heterocycles. The number of carbonyl (C=O) groups is 1. The molecule has 0 aromatic carbocycles. The molecule has 114 valence electrons. The van der Waals surface area contributed by atoms with Crippen LogP contribution in [-0.2, 0) is 4.74 Å². The lowest BCUT2D eigenvalue weighted by molar-refractivity contribution is 0.0714.